The van der Waals surface area contributed by atoms with Crippen molar-refractivity contribution in [3.63, 3.8) is 0 Å². The predicted molar refractivity (Wildman–Crippen MR) is 135 cm³/mol. The summed E-state index contributed by atoms with van der Waals surface area (Å²) in [4.78, 5) is 15.5. The second kappa shape index (κ2) is 11.4. The lowest BCUT2D eigenvalue weighted by Crippen LogP contribution is -2.30. The molecule has 4 aromatic carbocycles. The SMILES string of the molecule is COc1ccc(C(=O)N(Cc2ccccc2)Cc2ccccc2)cc1COc1cccc(Cl)c1. The third-order valence-corrected chi connectivity index (χ3v) is 5.67. The molecule has 0 aromatic heterocycles. The van der Waals surface area contributed by atoms with E-state index in [4.69, 9.17) is 21.1 Å². The lowest BCUT2D eigenvalue weighted by Gasteiger charge is -2.24. The van der Waals surface area contributed by atoms with Crippen LogP contribution >= 0.6 is 11.6 Å². The van der Waals surface area contributed by atoms with Gasteiger partial charge in [0.1, 0.15) is 18.1 Å². The maximum absolute atomic E-state index is 13.7. The number of methoxy groups -OCH3 is 1. The lowest BCUT2D eigenvalue weighted by atomic mass is 10.1. The summed E-state index contributed by atoms with van der Waals surface area (Å²) in [7, 11) is 1.61. The normalized spacial score (nSPS) is 10.5. The number of carbonyl (C=O) groups excluding carboxylic acids is 1. The molecule has 0 aliphatic heterocycles. The summed E-state index contributed by atoms with van der Waals surface area (Å²) in [6, 6.07) is 32.7. The molecule has 0 heterocycles. The molecule has 172 valence electrons. The van der Waals surface area contributed by atoms with Gasteiger partial charge in [0.25, 0.3) is 5.91 Å². The maximum Gasteiger partial charge on any atom is 0.254 e. The molecule has 0 aliphatic carbocycles. The Kier molecular flexibility index (Phi) is 7.84. The van der Waals surface area contributed by atoms with Crippen molar-refractivity contribution in [1.82, 2.24) is 4.90 Å². The third kappa shape index (κ3) is 6.18. The number of benzene rings is 4. The molecule has 1 amide bonds. The molecule has 0 unspecified atom stereocenters. The lowest BCUT2D eigenvalue weighted by molar-refractivity contribution is 0.0730. The molecule has 0 spiro atoms. The number of nitrogens with zero attached hydrogens (tertiary/aromatic N) is 1. The fraction of sp³-hybridized carbons (Fsp3) is 0.138. The van der Waals surface area contributed by atoms with E-state index < -0.39 is 0 Å². The van der Waals surface area contributed by atoms with Crippen LogP contribution < -0.4 is 9.47 Å². The molecule has 0 saturated heterocycles. The molecular weight excluding hydrogens is 446 g/mol. The maximum atomic E-state index is 13.7. The van der Waals surface area contributed by atoms with Crippen molar-refractivity contribution in [2.24, 2.45) is 0 Å². The highest BCUT2D eigenvalue weighted by molar-refractivity contribution is 6.30. The van der Waals surface area contributed by atoms with Crippen molar-refractivity contribution >= 4 is 17.5 Å². The van der Waals surface area contributed by atoms with Crippen LogP contribution in [0.2, 0.25) is 5.02 Å². The molecule has 5 heteroatoms. The van der Waals surface area contributed by atoms with Crippen molar-refractivity contribution in [2.45, 2.75) is 19.7 Å². The van der Waals surface area contributed by atoms with Crippen LogP contribution in [0.25, 0.3) is 0 Å². The summed E-state index contributed by atoms with van der Waals surface area (Å²) < 4.78 is 11.4. The highest BCUT2D eigenvalue weighted by Gasteiger charge is 2.19. The minimum atomic E-state index is -0.0561. The van der Waals surface area contributed by atoms with Crippen LogP contribution in [-0.4, -0.2) is 17.9 Å². The van der Waals surface area contributed by atoms with E-state index in [1.165, 1.54) is 0 Å². The van der Waals surface area contributed by atoms with Crippen LogP contribution in [0, 0.1) is 0 Å². The number of hydrogen-bond acceptors (Lipinski definition) is 3. The van der Waals surface area contributed by atoms with E-state index >= 15 is 0 Å². The minimum Gasteiger partial charge on any atom is -0.496 e. The van der Waals surface area contributed by atoms with Crippen LogP contribution in [0.1, 0.15) is 27.0 Å². The second-order valence-electron chi connectivity index (χ2n) is 7.91. The molecular formula is C29H26ClNO3. The molecule has 0 bridgehead atoms. The van der Waals surface area contributed by atoms with E-state index in [9.17, 15) is 4.79 Å². The van der Waals surface area contributed by atoms with Crippen molar-refractivity contribution < 1.29 is 14.3 Å². The molecule has 0 radical (unpaired) electrons. The van der Waals surface area contributed by atoms with Crippen LogP contribution in [0.3, 0.4) is 0 Å². The first kappa shape index (κ1) is 23.4. The van der Waals surface area contributed by atoms with Gasteiger partial charge in [-0.15, -0.1) is 0 Å². The zero-order valence-electron chi connectivity index (χ0n) is 19.0. The zero-order valence-corrected chi connectivity index (χ0v) is 19.7. The number of carbonyl (C=O) groups is 1. The van der Waals surface area contributed by atoms with Gasteiger partial charge in [0.15, 0.2) is 0 Å². The highest BCUT2D eigenvalue weighted by atomic mass is 35.5. The minimum absolute atomic E-state index is 0.0561. The van der Waals surface area contributed by atoms with Gasteiger partial charge in [0.05, 0.1) is 7.11 Å². The van der Waals surface area contributed by atoms with Gasteiger partial charge in [-0.1, -0.05) is 78.3 Å². The Morgan fingerprint density at radius 1 is 0.794 bits per heavy atom. The Bertz CT molecular complexity index is 1190. The second-order valence-corrected chi connectivity index (χ2v) is 8.34. The molecule has 0 fully saturated rings. The van der Waals surface area contributed by atoms with Gasteiger partial charge in [-0.3, -0.25) is 4.79 Å². The summed E-state index contributed by atoms with van der Waals surface area (Å²) in [6.45, 7) is 1.27. The van der Waals surface area contributed by atoms with Gasteiger partial charge >= 0.3 is 0 Å². The van der Waals surface area contributed by atoms with Crippen molar-refractivity contribution in [2.75, 3.05) is 7.11 Å². The monoisotopic (exact) mass is 471 g/mol. The van der Waals surface area contributed by atoms with Crippen molar-refractivity contribution in [3.8, 4) is 11.5 Å². The fourth-order valence-corrected chi connectivity index (χ4v) is 3.91. The zero-order chi connectivity index (χ0) is 23.8. The average molecular weight is 472 g/mol. The quantitative estimate of drug-likeness (QED) is 0.270. The summed E-state index contributed by atoms with van der Waals surface area (Å²) >= 11 is 6.06. The number of halogens is 1. The van der Waals surface area contributed by atoms with Crippen molar-refractivity contribution in [1.29, 1.82) is 0 Å². The Morgan fingerprint density at radius 3 is 2.03 bits per heavy atom. The van der Waals surface area contributed by atoms with Crippen LogP contribution in [0.4, 0.5) is 0 Å². The van der Waals surface area contributed by atoms with E-state index in [-0.39, 0.29) is 12.5 Å². The van der Waals surface area contributed by atoms with Crippen LogP contribution in [0.15, 0.2) is 103 Å². The number of ether oxygens (including phenoxy) is 2. The smallest absolute Gasteiger partial charge is 0.254 e. The number of amides is 1. The van der Waals surface area contributed by atoms with Crippen molar-refractivity contribution in [3.05, 3.63) is 130 Å². The van der Waals surface area contributed by atoms with Gasteiger partial charge in [0, 0.05) is 29.2 Å². The topological polar surface area (TPSA) is 38.8 Å². The molecule has 0 N–H and O–H groups in total. The average Bonchev–Trinajstić information content (AvgIpc) is 2.88. The summed E-state index contributed by atoms with van der Waals surface area (Å²) in [5, 5.41) is 0.603. The van der Waals surface area contributed by atoms with E-state index in [2.05, 4.69) is 0 Å². The fourth-order valence-electron chi connectivity index (χ4n) is 3.73. The number of rotatable bonds is 9. The first-order valence-corrected chi connectivity index (χ1v) is 11.4. The molecule has 4 rings (SSSR count). The Labute approximate surface area is 205 Å². The van der Waals surface area contributed by atoms with Crippen LogP contribution in [-0.2, 0) is 19.7 Å². The highest BCUT2D eigenvalue weighted by Crippen LogP contribution is 2.25. The van der Waals surface area contributed by atoms with Gasteiger partial charge in [0.2, 0.25) is 0 Å². The van der Waals surface area contributed by atoms with Crippen LogP contribution in [0.5, 0.6) is 11.5 Å². The summed E-state index contributed by atoms with van der Waals surface area (Å²) in [5.41, 5.74) is 3.51. The van der Waals surface area contributed by atoms with Gasteiger partial charge in [-0.2, -0.15) is 0 Å². The van der Waals surface area contributed by atoms with Gasteiger partial charge in [-0.25, -0.2) is 0 Å². The predicted octanol–water partition coefficient (Wildman–Crippen LogP) is 6.77. The summed E-state index contributed by atoms with van der Waals surface area (Å²) in [5.74, 6) is 1.26. The molecule has 0 saturated carbocycles. The Morgan fingerprint density at radius 2 is 1.44 bits per heavy atom. The van der Waals surface area contributed by atoms with E-state index in [1.54, 1.807) is 25.3 Å². The third-order valence-electron chi connectivity index (χ3n) is 5.44. The number of hydrogen-bond donors (Lipinski definition) is 0. The van der Waals surface area contributed by atoms with E-state index in [0.717, 1.165) is 16.7 Å². The molecule has 0 aliphatic rings. The molecule has 0 atom stereocenters. The molecule has 4 nitrogen and oxygen atoms in total. The Hall–Kier alpha value is -3.76. The largest absolute Gasteiger partial charge is 0.496 e. The summed E-state index contributed by atoms with van der Waals surface area (Å²) in [6.07, 6.45) is 0. The Balaban J connectivity index is 1.58. The van der Waals surface area contributed by atoms with Gasteiger partial charge in [-0.05, 0) is 47.5 Å². The molecule has 4 aromatic rings. The van der Waals surface area contributed by atoms with Gasteiger partial charge < -0.3 is 14.4 Å². The van der Waals surface area contributed by atoms with E-state index in [1.807, 2.05) is 89.8 Å². The standard InChI is InChI=1S/C29H26ClNO3/c1-33-28-16-15-24(17-25(28)21-34-27-14-8-13-26(30)18-27)29(32)31(19-22-9-4-2-5-10-22)20-23-11-6-3-7-12-23/h2-18H,19-21H2,1H3. The first-order chi connectivity index (χ1) is 16.6. The molecule has 34 heavy (non-hydrogen) atoms. The first-order valence-electron chi connectivity index (χ1n) is 11.0. The van der Waals surface area contributed by atoms with E-state index in [0.29, 0.717) is 35.2 Å².